The number of hydrogen-bond acceptors (Lipinski definition) is 5. The topological polar surface area (TPSA) is 67.3 Å². The van der Waals surface area contributed by atoms with Gasteiger partial charge in [-0.05, 0) is 41.7 Å². The monoisotopic (exact) mass is 388 g/mol. The second-order valence-electron chi connectivity index (χ2n) is 7.06. The molecule has 0 spiro atoms. The van der Waals surface area contributed by atoms with Gasteiger partial charge in [0.25, 0.3) is 5.91 Å². The van der Waals surface area contributed by atoms with Crippen LogP contribution in [0.1, 0.15) is 27.2 Å². The lowest BCUT2D eigenvalue weighted by Gasteiger charge is -2.29. The van der Waals surface area contributed by atoms with Crippen molar-refractivity contribution in [1.82, 2.24) is 15.3 Å². The molecule has 1 N–H and O–H groups in total. The van der Waals surface area contributed by atoms with Gasteiger partial charge < -0.3 is 15.0 Å². The van der Waals surface area contributed by atoms with Crippen molar-refractivity contribution in [2.24, 2.45) is 0 Å². The molecule has 0 unspecified atom stereocenters. The molecule has 0 bridgehead atoms. The summed E-state index contributed by atoms with van der Waals surface area (Å²) in [5.41, 5.74) is 4.19. The van der Waals surface area contributed by atoms with E-state index in [0.717, 1.165) is 43.1 Å². The van der Waals surface area contributed by atoms with Crippen LogP contribution < -0.4 is 15.0 Å². The number of ether oxygens (including phenoxy) is 1. The predicted molar refractivity (Wildman–Crippen MR) is 112 cm³/mol. The number of rotatable bonds is 6. The number of carbonyl (C=O) groups is 1. The quantitative estimate of drug-likeness (QED) is 0.703. The van der Waals surface area contributed by atoms with Gasteiger partial charge in [-0.25, -0.2) is 9.97 Å². The van der Waals surface area contributed by atoms with E-state index >= 15 is 0 Å². The van der Waals surface area contributed by atoms with Crippen LogP contribution in [-0.2, 0) is 19.4 Å². The highest BCUT2D eigenvalue weighted by atomic mass is 16.5. The van der Waals surface area contributed by atoms with Crippen molar-refractivity contribution in [1.29, 1.82) is 0 Å². The van der Waals surface area contributed by atoms with Gasteiger partial charge in [-0.1, -0.05) is 36.4 Å². The van der Waals surface area contributed by atoms with E-state index in [0.29, 0.717) is 12.2 Å². The van der Waals surface area contributed by atoms with Crippen LogP contribution in [0.25, 0.3) is 0 Å². The first-order chi connectivity index (χ1) is 14.2. The highest BCUT2D eigenvalue weighted by Crippen LogP contribution is 2.23. The van der Waals surface area contributed by atoms with Gasteiger partial charge >= 0.3 is 0 Å². The van der Waals surface area contributed by atoms with E-state index in [2.05, 4.69) is 44.5 Å². The number of hydrogen-bond donors (Lipinski definition) is 1. The summed E-state index contributed by atoms with van der Waals surface area (Å²) < 4.78 is 5.24. The van der Waals surface area contributed by atoms with Crippen LogP contribution in [-0.4, -0.2) is 36.1 Å². The molecule has 1 aliphatic heterocycles. The number of fused-ring (bicyclic) bond motifs is 1. The summed E-state index contributed by atoms with van der Waals surface area (Å²) in [6, 6.07) is 18.1. The Morgan fingerprint density at radius 2 is 1.97 bits per heavy atom. The van der Waals surface area contributed by atoms with Crippen LogP contribution >= 0.6 is 0 Å². The normalized spacial score (nSPS) is 12.9. The highest BCUT2D eigenvalue weighted by molar-refractivity contribution is 5.92. The van der Waals surface area contributed by atoms with Crippen molar-refractivity contribution in [2.75, 3.05) is 25.1 Å². The molecule has 29 heavy (non-hydrogen) atoms. The first kappa shape index (κ1) is 18.9. The fourth-order valence-corrected chi connectivity index (χ4v) is 3.57. The number of anilines is 1. The molecule has 2 heterocycles. The van der Waals surface area contributed by atoms with E-state index < -0.39 is 0 Å². The average Bonchev–Trinajstić information content (AvgIpc) is 2.79. The minimum absolute atomic E-state index is 0.186. The van der Waals surface area contributed by atoms with Crippen molar-refractivity contribution in [3.05, 3.63) is 83.3 Å². The van der Waals surface area contributed by atoms with E-state index in [9.17, 15) is 4.79 Å². The SMILES string of the molecule is COc1cccc(CCNC(=O)c2cc(N3CCc4ccccc4C3)ncn2)c1. The molecule has 148 valence electrons. The van der Waals surface area contributed by atoms with Crippen molar-refractivity contribution in [3.8, 4) is 5.75 Å². The van der Waals surface area contributed by atoms with Crippen molar-refractivity contribution < 1.29 is 9.53 Å². The first-order valence-corrected chi connectivity index (χ1v) is 9.78. The summed E-state index contributed by atoms with van der Waals surface area (Å²) in [5, 5.41) is 2.94. The van der Waals surface area contributed by atoms with Gasteiger partial charge in [0.15, 0.2) is 0 Å². The van der Waals surface area contributed by atoms with Crippen LogP contribution in [0.4, 0.5) is 5.82 Å². The molecule has 0 aliphatic carbocycles. The van der Waals surface area contributed by atoms with Gasteiger partial charge in [0.1, 0.15) is 23.6 Å². The van der Waals surface area contributed by atoms with E-state index in [1.165, 1.54) is 17.5 Å². The predicted octanol–water partition coefficient (Wildman–Crippen LogP) is 3.02. The summed E-state index contributed by atoms with van der Waals surface area (Å²) in [5.74, 6) is 1.42. The fraction of sp³-hybridized carbons (Fsp3) is 0.261. The summed E-state index contributed by atoms with van der Waals surface area (Å²) in [6.45, 7) is 2.21. The molecule has 2 aromatic carbocycles. The number of benzene rings is 2. The number of methoxy groups -OCH3 is 1. The Bertz CT molecular complexity index is 1010. The Morgan fingerprint density at radius 1 is 1.10 bits per heavy atom. The van der Waals surface area contributed by atoms with Gasteiger partial charge in [0.2, 0.25) is 0 Å². The summed E-state index contributed by atoms with van der Waals surface area (Å²) in [4.78, 5) is 23.3. The number of amides is 1. The van der Waals surface area contributed by atoms with Crippen molar-refractivity contribution in [2.45, 2.75) is 19.4 Å². The third-order valence-corrected chi connectivity index (χ3v) is 5.17. The van der Waals surface area contributed by atoms with Gasteiger partial charge in [-0.2, -0.15) is 0 Å². The minimum Gasteiger partial charge on any atom is -0.497 e. The largest absolute Gasteiger partial charge is 0.497 e. The molecular weight excluding hydrogens is 364 g/mol. The molecule has 1 amide bonds. The fourth-order valence-electron chi connectivity index (χ4n) is 3.57. The van der Waals surface area contributed by atoms with E-state index in [4.69, 9.17) is 4.74 Å². The highest BCUT2D eigenvalue weighted by Gasteiger charge is 2.18. The Kier molecular flexibility index (Phi) is 5.70. The van der Waals surface area contributed by atoms with Crippen LogP contribution in [0, 0.1) is 0 Å². The lowest BCUT2D eigenvalue weighted by molar-refractivity contribution is 0.0949. The Morgan fingerprint density at radius 3 is 2.83 bits per heavy atom. The van der Waals surface area contributed by atoms with Crippen LogP contribution in [0.3, 0.4) is 0 Å². The Labute approximate surface area is 170 Å². The average molecular weight is 388 g/mol. The first-order valence-electron chi connectivity index (χ1n) is 9.78. The molecule has 0 saturated heterocycles. The maximum absolute atomic E-state index is 12.5. The Hall–Kier alpha value is -3.41. The maximum Gasteiger partial charge on any atom is 0.270 e. The summed E-state index contributed by atoms with van der Waals surface area (Å²) in [7, 11) is 1.65. The lowest BCUT2D eigenvalue weighted by Crippen LogP contribution is -2.32. The van der Waals surface area contributed by atoms with E-state index in [1.54, 1.807) is 13.2 Å². The number of aromatic nitrogens is 2. The maximum atomic E-state index is 12.5. The smallest absolute Gasteiger partial charge is 0.270 e. The molecule has 0 atom stereocenters. The molecule has 1 aromatic heterocycles. The zero-order chi connectivity index (χ0) is 20.1. The van der Waals surface area contributed by atoms with Gasteiger partial charge in [-0.3, -0.25) is 4.79 Å². The Balaban J connectivity index is 1.37. The molecule has 0 radical (unpaired) electrons. The molecule has 0 fully saturated rings. The zero-order valence-corrected chi connectivity index (χ0v) is 16.5. The van der Waals surface area contributed by atoms with Crippen LogP contribution in [0.15, 0.2) is 60.9 Å². The number of nitrogens with zero attached hydrogens (tertiary/aromatic N) is 3. The van der Waals surface area contributed by atoms with Gasteiger partial charge in [0.05, 0.1) is 7.11 Å². The zero-order valence-electron chi connectivity index (χ0n) is 16.5. The van der Waals surface area contributed by atoms with E-state index in [1.807, 2.05) is 24.3 Å². The summed E-state index contributed by atoms with van der Waals surface area (Å²) in [6.07, 6.45) is 3.17. The number of carbonyl (C=O) groups excluding carboxylic acids is 1. The summed E-state index contributed by atoms with van der Waals surface area (Å²) >= 11 is 0. The lowest BCUT2D eigenvalue weighted by atomic mass is 10.00. The molecular formula is C23H24N4O2. The van der Waals surface area contributed by atoms with Crippen LogP contribution in [0.2, 0.25) is 0 Å². The van der Waals surface area contributed by atoms with Gasteiger partial charge in [0, 0.05) is 25.7 Å². The minimum atomic E-state index is -0.186. The standard InChI is InChI=1S/C23H24N4O2/c1-29-20-8-4-5-17(13-20)9-11-24-23(28)21-14-22(26-16-25-21)27-12-10-18-6-2-3-7-19(18)15-27/h2-8,13-14,16H,9-12,15H2,1H3,(H,24,28). The number of nitrogens with one attached hydrogen (secondary N) is 1. The third-order valence-electron chi connectivity index (χ3n) is 5.17. The van der Waals surface area contributed by atoms with E-state index in [-0.39, 0.29) is 5.91 Å². The molecule has 1 aliphatic rings. The molecule has 6 heteroatoms. The molecule has 3 aromatic rings. The van der Waals surface area contributed by atoms with Crippen molar-refractivity contribution >= 4 is 11.7 Å². The molecule has 0 saturated carbocycles. The van der Waals surface area contributed by atoms with Crippen molar-refractivity contribution in [3.63, 3.8) is 0 Å². The molecule has 6 nitrogen and oxygen atoms in total. The second kappa shape index (κ2) is 8.73. The van der Waals surface area contributed by atoms with Gasteiger partial charge in [-0.15, -0.1) is 0 Å². The molecule has 4 rings (SSSR count). The van der Waals surface area contributed by atoms with Crippen LogP contribution in [0.5, 0.6) is 5.75 Å². The second-order valence-corrected chi connectivity index (χ2v) is 7.06. The third kappa shape index (κ3) is 4.54.